The van der Waals surface area contributed by atoms with E-state index in [4.69, 9.17) is 4.74 Å². The number of hydrogen-bond acceptors (Lipinski definition) is 3. The SMILES string of the molecule is O=C(OCCC(F)c1ccncc1)c1ccc(Br)cc1. The molecule has 0 fully saturated rings. The van der Waals surface area contributed by atoms with Gasteiger partial charge < -0.3 is 4.74 Å². The topological polar surface area (TPSA) is 39.2 Å². The zero-order chi connectivity index (χ0) is 14.4. The van der Waals surface area contributed by atoms with Crippen molar-refractivity contribution in [2.75, 3.05) is 6.61 Å². The predicted octanol–water partition coefficient (Wildman–Crippen LogP) is 4.10. The molecule has 2 aromatic rings. The Morgan fingerprint density at radius 3 is 2.50 bits per heavy atom. The van der Waals surface area contributed by atoms with E-state index in [1.54, 1.807) is 36.4 Å². The average Bonchev–Trinajstić information content (AvgIpc) is 2.48. The van der Waals surface area contributed by atoms with Crippen molar-refractivity contribution in [2.24, 2.45) is 0 Å². The monoisotopic (exact) mass is 337 g/mol. The third-order valence-electron chi connectivity index (χ3n) is 2.75. The lowest BCUT2D eigenvalue weighted by atomic mass is 10.1. The van der Waals surface area contributed by atoms with Crippen molar-refractivity contribution < 1.29 is 13.9 Å². The van der Waals surface area contributed by atoms with Gasteiger partial charge in [-0.3, -0.25) is 4.98 Å². The van der Waals surface area contributed by atoms with E-state index >= 15 is 0 Å². The number of halogens is 2. The first-order valence-electron chi connectivity index (χ1n) is 6.13. The quantitative estimate of drug-likeness (QED) is 0.771. The third-order valence-corrected chi connectivity index (χ3v) is 3.28. The van der Waals surface area contributed by atoms with E-state index in [0.717, 1.165) is 4.47 Å². The minimum absolute atomic E-state index is 0.0401. The van der Waals surface area contributed by atoms with Crippen LogP contribution in [0.15, 0.2) is 53.3 Å². The van der Waals surface area contributed by atoms with Crippen LogP contribution < -0.4 is 0 Å². The van der Waals surface area contributed by atoms with Crippen molar-refractivity contribution in [2.45, 2.75) is 12.6 Å². The number of carbonyl (C=O) groups excluding carboxylic acids is 1. The highest BCUT2D eigenvalue weighted by molar-refractivity contribution is 9.10. The lowest BCUT2D eigenvalue weighted by Gasteiger charge is -2.09. The molecule has 20 heavy (non-hydrogen) atoms. The summed E-state index contributed by atoms with van der Waals surface area (Å²) in [4.78, 5) is 15.5. The summed E-state index contributed by atoms with van der Waals surface area (Å²) in [6.45, 7) is 0.0401. The van der Waals surface area contributed by atoms with Crippen LogP contribution in [0.25, 0.3) is 0 Å². The summed E-state index contributed by atoms with van der Waals surface area (Å²) in [5.41, 5.74) is 0.993. The van der Waals surface area contributed by atoms with Gasteiger partial charge in [-0.2, -0.15) is 0 Å². The van der Waals surface area contributed by atoms with Crippen LogP contribution in [0.2, 0.25) is 0 Å². The summed E-state index contributed by atoms with van der Waals surface area (Å²) in [6.07, 6.45) is 2.05. The third kappa shape index (κ3) is 4.13. The van der Waals surface area contributed by atoms with Gasteiger partial charge in [0.2, 0.25) is 0 Å². The molecule has 3 nitrogen and oxygen atoms in total. The van der Waals surface area contributed by atoms with Crippen LogP contribution in [0, 0.1) is 0 Å². The van der Waals surface area contributed by atoms with Gasteiger partial charge in [0.05, 0.1) is 12.2 Å². The minimum atomic E-state index is -1.16. The van der Waals surface area contributed by atoms with E-state index in [1.165, 1.54) is 12.4 Å². The number of carbonyl (C=O) groups is 1. The number of alkyl halides is 1. The van der Waals surface area contributed by atoms with Crippen LogP contribution >= 0.6 is 15.9 Å². The predicted molar refractivity (Wildman–Crippen MR) is 77.1 cm³/mol. The summed E-state index contributed by atoms with van der Waals surface area (Å²) in [5, 5.41) is 0. The number of rotatable bonds is 5. The fourth-order valence-electron chi connectivity index (χ4n) is 1.66. The Labute approximate surface area is 124 Å². The van der Waals surface area contributed by atoms with E-state index in [1.807, 2.05) is 0 Å². The standard InChI is InChI=1S/C15H13BrFNO2/c16-13-3-1-12(2-4-13)15(19)20-10-7-14(17)11-5-8-18-9-6-11/h1-6,8-9,14H,7,10H2. The Morgan fingerprint density at radius 1 is 1.20 bits per heavy atom. The Kier molecular flexibility index (Phi) is 5.24. The van der Waals surface area contributed by atoms with Crippen LogP contribution in [0.1, 0.15) is 28.5 Å². The highest BCUT2D eigenvalue weighted by Crippen LogP contribution is 2.20. The van der Waals surface area contributed by atoms with Crippen LogP contribution in [0.5, 0.6) is 0 Å². The van der Waals surface area contributed by atoms with E-state index in [-0.39, 0.29) is 13.0 Å². The smallest absolute Gasteiger partial charge is 0.338 e. The fourth-order valence-corrected chi connectivity index (χ4v) is 1.93. The molecule has 1 heterocycles. The Balaban J connectivity index is 1.81. The van der Waals surface area contributed by atoms with Gasteiger partial charge in [0.15, 0.2) is 0 Å². The van der Waals surface area contributed by atoms with Gasteiger partial charge >= 0.3 is 5.97 Å². The van der Waals surface area contributed by atoms with Gasteiger partial charge in [-0.25, -0.2) is 9.18 Å². The summed E-state index contributed by atoms with van der Waals surface area (Å²) in [7, 11) is 0. The zero-order valence-electron chi connectivity index (χ0n) is 10.6. The second-order valence-electron chi connectivity index (χ2n) is 4.18. The van der Waals surface area contributed by atoms with Crippen molar-refractivity contribution in [3.63, 3.8) is 0 Å². The van der Waals surface area contributed by atoms with Gasteiger partial charge in [0, 0.05) is 23.3 Å². The number of aromatic nitrogens is 1. The van der Waals surface area contributed by atoms with Crippen LogP contribution in [-0.4, -0.2) is 17.6 Å². The average molecular weight is 338 g/mol. The molecule has 0 saturated heterocycles. The fraction of sp³-hybridized carbons (Fsp3) is 0.200. The van der Waals surface area contributed by atoms with Crippen molar-refractivity contribution in [3.05, 3.63) is 64.4 Å². The Morgan fingerprint density at radius 2 is 1.85 bits per heavy atom. The molecule has 5 heteroatoms. The minimum Gasteiger partial charge on any atom is -0.462 e. The summed E-state index contributed by atoms with van der Waals surface area (Å²) in [6, 6.07) is 10.0. The molecule has 0 saturated carbocycles. The second-order valence-corrected chi connectivity index (χ2v) is 5.10. The zero-order valence-corrected chi connectivity index (χ0v) is 12.2. The molecule has 0 bridgehead atoms. The first-order chi connectivity index (χ1) is 9.66. The highest BCUT2D eigenvalue weighted by Gasteiger charge is 2.12. The maximum Gasteiger partial charge on any atom is 0.338 e. The molecular weight excluding hydrogens is 325 g/mol. The number of hydrogen-bond donors (Lipinski definition) is 0. The number of esters is 1. The van der Waals surface area contributed by atoms with Gasteiger partial charge in [-0.1, -0.05) is 15.9 Å². The highest BCUT2D eigenvalue weighted by atomic mass is 79.9. The Bertz CT molecular complexity index is 560. The molecule has 0 aliphatic heterocycles. The first-order valence-corrected chi connectivity index (χ1v) is 6.93. The largest absolute Gasteiger partial charge is 0.462 e. The number of pyridine rings is 1. The van der Waals surface area contributed by atoms with Gasteiger partial charge in [0.25, 0.3) is 0 Å². The van der Waals surface area contributed by atoms with E-state index in [2.05, 4.69) is 20.9 Å². The molecule has 1 aromatic heterocycles. The molecule has 0 aliphatic carbocycles. The first kappa shape index (κ1) is 14.7. The molecule has 0 radical (unpaired) electrons. The summed E-state index contributed by atoms with van der Waals surface area (Å²) < 4.78 is 19.8. The number of ether oxygens (including phenoxy) is 1. The summed E-state index contributed by atoms with van der Waals surface area (Å²) in [5.74, 6) is -0.445. The second kappa shape index (κ2) is 7.14. The van der Waals surface area contributed by atoms with Crippen LogP contribution in [0.3, 0.4) is 0 Å². The molecule has 1 unspecified atom stereocenters. The number of nitrogens with zero attached hydrogens (tertiary/aromatic N) is 1. The number of benzene rings is 1. The van der Waals surface area contributed by atoms with E-state index in [9.17, 15) is 9.18 Å². The normalized spacial score (nSPS) is 11.9. The molecule has 0 spiro atoms. The molecule has 1 atom stereocenters. The molecule has 2 rings (SSSR count). The molecular formula is C15H13BrFNO2. The Hall–Kier alpha value is -1.75. The molecule has 0 amide bonds. The van der Waals surface area contributed by atoms with E-state index < -0.39 is 12.1 Å². The van der Waals surface area contributed by atoms with Crippen molar-refractivity contribution in [1.29, 1.82) is 0 Å². The van der Waals surface area contributed by atoms with Gasteiger partial charge in [-0.05, 0) is 42.0 Å². The molecule has 0 N–H and O–H groups in total. The van der Waals surface area contributed by atoms with Crippen molar-refractivity contribution in [3.8, 4) is 0 Å². The molecule has 0 aliphatic rings. The van der Waals surface area contributed by atoms with Gasteiger partial charge in [-0.15, -0.1) is 0 Å². The van der Waals surface area contributed by atoms with Crippen LogP contribution in [0.4, 0.5) is 4.39 Å². The molecule has 1 aromatic carbocycles. The summed E-state index contributed by atoms with van der Waals surface area (Å²) >= 11 is 3.29. The van der Waals surface area contributed by atoms with Gasteiger partial charge in [0.1, 0.15) is 6.17 Å². The van der Waals surface area contributed by atoms with E-state index in [0.29, 0.717) is 11.1 Å². The lowest BCUT2D eigenvalue weighted by Crippen LogP contribution is -2.08. The maximum atomic E-state index is 13.8. The molecule has 104 valence electrons. The maximum absolute atomic E-state index is 13.8. The van der Waals surface area contributed by atoms with Crippen LogP contribution in [-0.2, 0) is 4.74 Å². The lowest BCUT2D eigenvalue weighted by molar-refractivity contribution is 0.0472. The van der Waals surface area contributed by atoms with Crippen molar-refractivity contribution in [1.82, 2.24) is 4.98 Å². The van der Waals surface area contributed by atoms with Crippen molar-refractivity contribution >= 4 is 21.9 Å².